The molecular formula is C7H7IN2O2. The molecule has 12 heavy (non-hydrogen) atoms. The summed E-state index contributed by atoms with van der Waals surface area (Å²) in [6.07, 6.45) is 1.46. The molecule has 4 nitrogen and oxygen atoms in total. The second-order valence-electron chi connectivity index (χ2n) is 2.32. The zero-order valence-corrected chi connectivity index (χ0v) is 8.49. The predicted molar refractivity (Wildman–Crippen MR) is 53.1 cm³/mol. The van der Waals surface area contributed by atoms with Crippen molar-refractivity contribution in [1.29, 1.82) is 0 Å². The topological polar surface area (TPSA) is 76.2 Å². The van der Waals surface area contributed by atoms with Gasteiger partial charge in [-0.05, 0) is 35.1 Å². The number of nitrogens with two attached hydrogens (primary N) is 1. The van der Waals surface area contributed by atoms with Crippen molar-refractivity contribution in [1.82, 2.24) is 4.98 Å². The van der Waals surface area contributed by atoms with Crippen molar-refractivity contribution in [2.75, 3.05) is 5.73 Å². The zero-order chi connectivity index (χ0) is 9.30. The predicted octanol–water partition coefficient (Wildman–Crippen LogP) is 1.28. The second-order valence-corrected chi connectivity index (χ2v) is 3.40. The molecule has 0 amide bonds. The molecule has 0 radical (unpaired) electrons. The Morgan fingerprint density at radius 2 is 2.33 bits per heavy atom. The van der Waals surface area contributed by atoms with Crippen molar-refractivity contribution in [2.24, 2.45) is 0 Å². The monoisotopic (exact) mass is 278 g/mol. The maximum atomic E-state index is 10.7. The molecule has 1 aromatic heterocycles. The lowest BCUT2D eigenvalue weighted by molar-refractivity contribution is 0.0695. The Morgan fingerprint density at radius 3 is 2.75 bits per heavy atom. The van der Waals surface area contributed by atoms with E-state index in [2.05, 4.69) is 4.98 Å². The highest BCUT2D eigenvalue weighted by molar-refractivity contribution is 14.1. The Bertz CT molecular complexity index is 338. The normalized spacial score (nSPS) is 9.83. The molecule has 1 rings (SSSR count). The Morgan fingerprint density at radius 1 is 1.75 bits per heavy atom. The van der Waals surface area contributed by atoms with Gasteiger partial charge in [0.25, 0.3) is 0 Å². The number of carbonyl (C=O) groups is 1. The third kappa shape index (κ3) is 1.50. The van der Waals surface area contributed by atoms with Crippen LogP contribution in [0.1, 0.15) is 15.9 Å². The summed E-state index contributed by atoms with van der Waals surface area (Å²) < 4.78 is 0.500. The number of hydrogen-bond acceptors (Lipinski definition) is 3. The molecule has 1 aromatic rings. The third-order valence-electron chi connectivity index (χ3n) is 1.45. The van der Waals surface area contributed by atoms with Gasteiger partial charge in [-0.3, -0.25) is 0 Å². The van der Waals surface area contributed by atoms with E-state index in [9.17, 15) is 4.79 Å². The first kappa shape index (κ1) is 9.24. The minimum Gasteiger partial charge on any atom is -0.478 e. The molecule has 0 aromatic carbocycles. The summed E-state index contributed by atoms with van der Waals surface area (Å²) in [4.78, 5) is 14.5. The standard InChI is InChI=1S/C7H7IN2O2/c1-3-2-10-6(9)5(8)4(3)7(11)12/h2H,1H3,(H2,9,10)(H,11,12). The van der Waals surface area contributed by atoms with Gasteiger partial charge in [-0.25, -0.2) is 9.78 Å². The fourth-order valence-corrected chi connectivity index (χ4v) is 1.65. The number of nitrogen functional groups attached to an aromatic ring is 1. The van der Waals surface area contributed by atoms with Crippen LogP contribution in [0.5, 0.6) is 0 Å². The highest BCUT2D eigenvalue weighted by Gasteiger charge is 2.14. The highest BCUT2D eigenvalue weighted by atomic mass is 127. The van der Waals surface area contributed by atoms with Crippen LogP contribution in [0.3, 0.4) is 0 Å². The van der Waals surface area contributed by atoms with Crippen molar-refractivity contribution in [3.05, 3.63) is 20.9 Å². The van der Waals surface area contributed by atoms with E-state index in [0.717, 1.165) is 0 Å². The van der Waals surface area contributed by atoms with Crippen LogP contribution in [0.4, 0.5) is 5.82 Å². The van der Waals surface area contributed by atoms with Crippen molar-refractivity contribution in [3.8, 4) is 0 Å². The molecule has 0 aliphatic heterocycles. The number of aromatic carboxylic acids is 1. The number of carboxylic acids is 1. The summed E-state index contributed by atoms with van der Waals surface area (Å²) in [6.45, 7) is 1.69. The van der Waals surface area contributed by atoms with Crippen molar-refractivity contribution >= 4 is 34.4 Å². The van der Waals surface area contributed by atoms with Gasteiger partial charge in [0.2, 0.25) is 0 Å². The fourth-order valence-electron chi connectivity index (χ4n) is 0.851. The summed E-state index contributed by atoms with van der Waals surface area (Å²) in [6, 6.07) is 0. The van der Waals surface area contributed by atoms with Crippen LogP contribution in [0.25, 0.3) is 0 Å². The Hall–Kier alpha value is -0.850. The number of pyridine rings is 1. The lowest BCUT2D eigenvalue weighted by Gasteiger charge is -2.04. The van der Waals surface area contributed by atoms with E-state index in [4.69, 9.17) is 10.8 Å². The molecule has 0 atom stereocenters. The maximum absolute atomic E-state index is 10.7. The number of halogens is 1. The summed E-state index contributed by atoms with van der Waals surface area (Å²) in [5.41, 5.74) is 6.31. The van der Waals surface area contributed by atoms with Gasteiger partial charge in [-0.15, -0.1) is 0 Å². The van der Waals surface area contributed by atoms with Crippen molar-refractivity contribution in [2.45, 2.75) is 6.92 Å². The van der Waals surface area contributed by atoms with Gasteiger partial charge < -0.3 is 10.8 Å². The van der Waals surface area contributed by atoms with Gasteiger partial charge in [0.15, 0.2) is 0 Å². The van der Waals surface area contributed by atoms with E-state index >= 15 is 0 Å². The van der Waals surface area contributed by atoms with E-state index in [1.54, 1.807) is 6.92 Å². The van der Waals surface area contributed by atoms with Gasteiger partial charge in [-0.2, -0.15) is 0 Å². The van der Waals surface area contributed by atoms with E-state index in [1.165, 1.54) is 6.20 Å². The van der Waals surface area contributed by atoms with Crippen LogP contribution in [0, 0.1) is 10.5 Å². The molecule has 0 unspecified atom stereocenters. The molecule has 64 valence electrons. The first-order valence-corrected chi connectivity index (χ1v) is 4.25. The number of rotatable bonds is 1. The number of nitrogens with zero attached hydrogens (tertiary/aromatic N) is 1. The van der Waals surface area contributed by atoms with Crippen molar-refractivity contribution in [3.63, 3.8) is 0 Å². The lowest BCUT2D eigenvalue weighted by Crippen LogP contribution is -2.07. The molecule has 1 heterocycles. The summed E-state index contributed by atoms with van der Waals surface area (Å²) in [7, 11) is 0. The Kier molecular flexibility index (Phi) is 2.51. The minimum atomic E-state index is -0.967. The fraction of sp³-hybridized carbons (Fsp3) is 0.143. The molecule has 3 N–H and O–H groups in total. The van der Waals surface area contributed by atoms with Crippen LogP contribution < -0.4 is 5.73 Å². The minimum absolute atomic E-state index is 0.239. The number of hydrogen-bond donors (Lipinski definition) is 2. The molecule has 0 fully saturated rings. The van der Waals surface area contributed by atoms with Crippen molar-refractivity contribution < 1.29 is 9.90 Å². The summed E-state index contributed by atoms with van der Waals surface area (Å²) >= 11 is 1.88. The quantitative estimate of drug-likeness (QED) is 0.758. The molecule has 0 aliphatic rings. The maximum Gasteiger partial charge on any atom is 0.337 e. The second kappa shape index (κ2) is 3.26. The smallest absolute Gasteiger partial charge is 0.337 e. The highest BCUT2D eigenvalue weighted by Crippen LogP contribution is 2.20. The van der Waals surface area contributed by atoms with Crippen LogP contribution in [-0.4, -0.2) is 16.1 Å². The molecule has 0 saturated heterocycles. The molecule has 0 saturated carbocycles. The van der Waals surface area contributed by atoms with Crippen LogP contribution in [-0.2, 0) is 0 Å². The van der Waals surface area contributed by atoms with Gasteiger partial charge in [0.1, 0.15) is 5.82 Å². The number of aryl methyl sites for hydroxylation is 1. The van der Waals surface area contributed by atoms with Gasteiger partial charge in [0.05, 0.1) is 9.13 Å². The molecular weight excluding hydrogens is 271 g/mol. The van der Waals surface area contributed by atoms with E-state index in [1.807, 2.05) is 22.6 Å². The Balaban J connectivity index is 3.43. The largest absolute Gasteiger partial charge is 0.478 e. The van der Waals surface area contributed by atoms with E-state index in [-0.39, 0.29) is 11.4 Å². The van der Waals surface area contributed by atoms with E-state index in [0.29, 0.717) is 9.13 Å². The van der Waals surface area contributed by atoms with E-state index < -0.39 is 5.97 Å². The Labute approximate surface area is 82.9 Å². The van der Waals surface area contributed by atoms with Crippen LogP contribution in [0.2, 0.25) is 0 Å². The average molecular weight is 278 g/mol. The number of carboxylic acid groups (broad SMARTS) is 1. The zero-order valence-electron chi connectivity index (χ0n) is 6.34. The first-order valence-electron chi connectivity index (χ1n) is 3.18. The molecule has 0 aliphatic carbocycles. The average Bonchev–Trinajstić information content (AvgIpc) is 1.97. The molecule has 0 spiro atoms. The van der Waals surface area contributed by atoms with Crippen LogP contribution >= 0.6 is 22.6 Å². The summed E-state index contributed by atoms with van der Waals surface area (Å²) in [5, 5.41) is 8.78. The first-order chi connectivity index (χ1) is 5.54. The number of anilines is 1. The summed E-state index contributed by atoms with van der Waals surface area (Å²) in [5.74, 6) is -0.704. The molecule has 0 bridgehead atoms. The number of aromatic nitrogens is 1. The van der Waals surface area contributed by atoms with Gasteiger partial charge in [0, 0.05) is 6.20 Å². The third-order valence-corrected chi connectivity index (χ3v) is 2.54. The van der Waals surface area contributed by atoms with Gasteiger partial charge in [-0.1, -0.05) is 0 Å². The van der Waals surface area contributed by atoms with Gasteiger partial charge >= 0.3 is 5.97 Å². The molecule has 5 heteroatoms. The van der Waals surface area contributed by atoms with Crippen LogP contribution in [0.15, 0.2) is 6.20 Å². The lowest BCUT2D eigenvalue weighted by atomic mass is 10.1. The SMILES string of the molecule is Cc1cnc(N)c(I)c1C(=O)O.